The minimum absolute atomic E-state index is 0.217. The molecule has 4 nitrogen and oxygen atoms in total. The van der Waals surface area contributed by atoms with Gasteiger partial charge in [0.15, 0.2) is 0 Å². The zero-order valence-corrected chi connectivity index (χ0v) is 15.8. The molecule has 1 aromatic carbocycles. The second-order valence-electron chi connectivity index (χ2n) is 7.70. The predicted molar refractivity (Wildman–Crippen MR) is 96.4 cm³/mol. The highest BCUT2D eigenvalue weighted by Crippen LogP contribution is 2.36. The van der Waals surface area contributed by atoms with Crippen molar-refractivity contribution >= 4 is 12.6 Å². The highest BCUT2D eigenvalue weighted by molar-refractivity contribution is 6.62. The van der Waals surface area contributed by atoms with Crippen LogP contribution in [0, 0.1) is 0 Å². The molecule has 0 radical (unpaired) electrons. The van der Waals surface area contributed by atoms with E-state index in [-0.39, 0.29) is 12.3 Å². The van der Waals surface area contributed by atoms with Gasteiger partial charge in [-0.1, -0.05) is 24.3 Å². The molecule has 0 atom stereocenters. The Morgan fingerprint density at radius 1 is 0.889 bits per heavy atom. The Kier molecular flexibility index (Phi) is 5.18. The van der Waals surface area contributed by atoms with Crippen molar-refractivity contribution in [2.75, 3.05) is 0 Å². The van der Waals surface area contributed by atoms with Crippen LogP contribution in [0.2, 0.25) is 0 Å². The van der Waals surface area contributed by atoms with Crippen molar-refractivity contribution in [3.63, 3.8) is 0 Å². The molecule has 2 aromatic rings. The van der Waals surface area contributed by atoms with Crippen molar-refractivity contribution in [1.82, 2.24) is 5.32 Å². The number of rotatable bonds is 5. The average molecular weight is 381 g/mol. The van der Waals surface area contributed by atoms with Crippen molar-refractivity contribution in [2.24, 2.45) is 0 Å². The van der Waals surface area contributed by atoms with E-state index >= 15 is 0 Å². The summed E-state index contributed by atoms with van der Waals surface area (Å²) in [5.74, 6) is -0.734. The molecule has 0 spiro atoms. The monoisotopic (exact) mass is 381 g/mol. The number of hydrogen-bond acceptors (Lipinski definition) is 4. The van der Waals surface area contributed by atoms with Crippen LogP contribution in [0.5, 0.6) is 0 Å². The summed E-state index contributed by atoms with van der Waals surface area (Å²) >= 11 is 0. The fraction of sp³-hybridized carbons (Fsp3) is 0.474. The maximum Gasteiger partial charge on any atom is 0.494 e. The van der Waals surface area contributed by atoms with E-state index in [1.165, 1.54) is 6.07 Å². The maximum atomic E-state index is 12.5. The van der Waals surface area contributed by atoms with E-state index in [4.69, 9.17) is 13.7 Å². The lowest BCUT2D eigenvalue weighted by molar-refractivity contribution is -0.153. The van der Waals surface area contributed by atoms with Crippen LogP contribution in [-0.2, 0) is 28.6 Å². The zero-order chi connectivity index (χ0) is 19.9. The van der Waals surface area contributed by atoms with Crippen molar-refractivity contribution in [1.29, 1.82) is 0 Å². The van der Waals surface area contributed by atoms with Crippen molar-refractivity contribution in [3.8, 4) is 0 Å². The zero-order valence-electron chi connectivity index (χ0n) is 15.8. The van der Waals surface area contributed by atoms with Gasteiger partial charge in [0.25, 0.3) is 0 Å². The molecule has 1 saturated heterocycles. The lowest BCUT2D eigenvalue weighted by atomic mass is 9.79. The van der Waals surface area contributed by atoms with Gasteiger partial charge in [-0.3, -0.25) is 0 Å². The SMILES string of the molecule is CC1(C)OB(c2ccc(CNCc3ccc(C(F)(F)F)o3)cc2)OC1(C)C. The third kappa shape index (κ3) is 4.39. The van der Waals surface area contributed by atoms with Gasteiger partial charge in [-0.05, 0) is 50.9 Å². The number of halogens is 3. The Hall–Kier alpha value is -1.77. The molecule has 1 N–H and O–H groups in total. The summed E-state index contributed by atoms with van der Waals surface area (Å²) in [6.07, 6.45) is -4.46. The largest absolute Gasteiger partial charge is 0.494 e. The van der Waals surface area contributed by atoms with Crippen molar-refractivity contribution in [3.05, 3.63) is 53.5 Å². The molecule has 0 unspecified atom stereocenters. The van der Waals surface area contributed by atoms with Gasteiger partial charge < -0.3 is 19.0 Å². The Morgan fingerprint density at radius 3 is 2.00 bits per heavy atom. The van der Waals surface area contributed by atoms with Gasteiger partial charge in [-0.2, -0.15) is 13.2 Å². The first kappa shape index (κ1) is 20.0. The summed E-state index contributed by atoms with van der Waals surface area (Å²) in [5, 5.41) is 3.07. The second-order valence-corrected chi connectivity index (χ2v) is 7.70. The Labute approximate surface area is 157 Å². The summed E-state index contributed by atoms with van der Waals surface area (Å²) in [7, 11) is -0.416. The van der Waals surface area contributed by atoms with Crippen molar-refractivity contribution in [2.45, 2.75) is 58.2 Å². The normalized spacial score (nSPS) is 18.9. The Bertz CT molecular complexity index is 768. The van der Waals surface area contributed by atoms with Crippen LogP contribution in [0.15, 0.2) is 40.8 Å². The summed E-state index contributed by atoms with van der Waals surface area (Å²) in [6, 6.07) is 10.0. The topological polar surface area (TPSA) is 43.6 Å². The van der Waals surface area contributed by atoms with Crippen LogP contribution < -0.4 is 10.8 Å². The van der Waals surface area contributed by atoms with Gasteiger partial charge in [-0.25, -0.2) is 0 Å². The van der Waals surface area contributed by atoms with E-state index in [1.807, 2.05) is 52.0 Å². The predicted octanol–water partition coefficient (Wildman–Crippen LogP) is 3.89. The molecule has 27 heavy (non-hydrogen) atoms. The van der Waals surface area contributed by atoms with Crippen molar-refractivity contribution < 1.29 is 26.9 Å². The maximum absolute atomic E-state index is 12.5. The van der Waals surface area contributed by atoms with Crippen LogP contribution in [0.4, 0.5) is 13.2 Å². The molecule has 0 bridgehead atoms. The Balaban J connectivity index is 1.54. The van der Waals surface area contributed by atoms with Crippen LogP contribution in [-0.4, -0.2) is 18.3 Å². The van der Waals surface area contributed by atoms with E-state index < -0.39 is 30.3 Å². The van der Waals surface area contributed by atoms with Crippen LogP contribution in [0.25, 0.3) is 0 Å². The minimum Gasteiger partial charge on any atom is -0.455 e. The number of hydrogen-bond donors (Lipinski definition) is 1. The van der Waals surface area contributed by atoms with Gasteiger partial charge in [0.2, 0.25) is 5.76 Å². The molecule has 1 aliphatic rings. The number of benzene rings is 1. The van der Waals surface area contributed by atoms with E-state index in [1.54, 1.807) is 0 Å². The number of nitrogens with one attached hydrogen (secondary N) is 1. The van der Waals surface area contributed by atoms with Gasteiger partial charge in [-0.15, -0.1) is 0 Å². The molecule has 1 aliphatic heterocycles. The summed E-state index contributed by atoms with van der Waals surface area (Å²) in [5.41, 5.74) is 1.14. The highest BCUT2D eigenvalue weighted by Gasteiger charge is 2.51. The van der Waals surface area contributed by atoms with E-state index in [9.17, 15) is 13.2 Å². The molecule has 0 amide bonds. The number of furan rings is 1. The molecule has 146 valence electrons. The summed E-state index contributed by atoms with van der Waals surface area (Å²) in [6.45, 7) is 8.74. The van der Waals surface area contributed by atoms with Gasteiger partial charge >= 0.3 is 13.3 Å². The van der Waals surface area contributed by atoms with E-state index in [0.29, 0.717) is 6.54 Å². The van der Waals surface area contributed by atoms with E-state index in [0.717, 1.165) is 17.1 Å². The molecule has 0 saturated carbocycles. The highest BCUT2D eigenvalue weighted by atomic mass is 19.4. The molecular weight excluding hydrogens is 358 g/mol. The first-order valence-corrected chi connectivity index (χ1v) is 8.79. The van der Waals surface area contributed by atoms with E-state index in [2.05, 4.69) is 5.32 Å². The summed E-state index contributed by atoms with van der Waals surface area (Å²) in [4.78, 5) is 0. The molecule has 2 heterocycles. The fourth-order valence-electron chi connectivity index (χ4n) is 2.73. The van der Waals surface area contributed by atoms with Crippen LogP contribution in [0.1, 0.15) is 44.8 Å². The molecule has 8 heteroatoms. The molecule has 0 aliphatic carbocycles. The third-order valence-corrected chi connectivity index (χ3v) is 5.07. The standard InChI is InChI=1S/C19H23BF3NO3/c1-17(2)18(3,4)27-20(26-17)14-7-5-13(6-8-14)11-24-12-15-9-10-16(25-15)19(21,22)23/h5-10,24H,11-12H2,1-4H3. The Morgan fingerprint density at radius 2 is 1.48 bits per heavy atom. The summed E-state index contributed by atoms with van der Waals surface area (Å²) < 4.78 is 54.4. The lowest BCUT2D eigenvalue weighted by Crippen LogP contribution is -2.41. The smallest absolute Gasteiger partial charge is 0.455 e. The molecular formula is C19H23BF3NO3. The van der Waals surface area contributed by atoms with Crippen LogP contribution in [0.3, 0.4) is 0 Å². The second kappa shape index (κ2) is 7.00. The molecule has 3 rings (SSSR count). The van der Waals surface area contributed by atoms with Gasteiger partial charge in [0.05, 0.1) is 17.7 Å². The molecule has 1 fully saturated rings. The van der Waals surface area contributed by atoms with Crippen LogP contribution >= 0.6 is 0 Å². The first-order chi connectivity index (χ1) is 12.5. The fourth-order valence-corrected chi connectivity index (χ4v) is 2.73. The average Bonchev–Trinajstić information content (AvgIpc) is 3.11. The van der Waals surface area contributed by atoms with Gasteiger partial charge in [0.1, 0.15) is 5.76 Å². The van der Waals surface area contributed by atoms with Gasteiger partial charge in [0, 0.05) is 6.54 Å². The quantitative estimate of drug-likeness (QED) is 0.799. The lowest BCUT2D eigenvalue weighted by Gasteiger charge is -2.32. The third-order valence-electron chi connectivity index (χ3n) is 5.07. The minimum atomic E-state index is -4.46. The first-order valence-electron chi connectivity index (χ1n) is 8.79. The molecule has 1 aromatic heterocycles. The number of alkyl halides is 3.